The number of carbonyl (C=O) groups excluding carboxylic acids is 1. The average Bonchev–Trinajstić information content (AvgIpc) is 2.90. The van der Waals surface area contributed by atoms with Gasteiger partial charge >= 0.3 is 0 Å². The van der Waals surface area contributed by atoms with Gasteiger partial charge in [-0.3, -0.25) is 4.79 Å². The standard InChI is InChI=1S/C22H23N3O.C6H14N2/c1-16-3-6-21(13-22(16)24-15-26)17(2)25-11-9-20(10-12-25)19-7-4-18(14-23)5-8-19;1-7-6-3-2-4-8-5-6/h3-8,13,15,20H,2,9-12H2,1H3,(H,24,26);6-8H,2-5H2,1H3. The fourth-order valence-electron chi connectivity index (χ4n) is 4.61. The Morgan fingerprint density at radius 3 is 2.47 bits per heavy atom. The molecule has 2 fully saturated rings. The van der Waals surface area contributed by atoms with Crippen molar-refractivity contribution in [3.8, 4) is 6.07 Å². The highest BCUT2D eigenvalue weighted by Gasteiger charge is 2.22. The molecule has 3 N–H and O–H groups in total. The van der Waals surface area contributed by atoms with Crippen LogP contribution in [-0.2, 0) is 4.79 Å². The normalized spacial score (nSPS) is 18.3. The molecule has 2 aromatic rings. The first-order valence-electron chi connectivity index (χ1n) is 12.2. The Bertz CT molecular complexity index is 981. The summed E-state index contributed by atoms with van der Waals surface area (Å²) in [5, 5.41) is 18.2. The molecule has 6 heteroatoms. The van der Waals surface area contributed by atoms with Crippen LogP contribution >= 0.6 is 0 Å². The summed E-state index contributed by atoms with van der Waals surface area (Å²) in [4.78, 5) is 13.1. The summed E-state index contributed by atoms with van der Waals surface area (Å²) >= 11 is 0. The van der Waals surface area contributed by atoms with Gasteiger partial charge < -0.3 is 20.9 Å². The molecule has 34 heavy (non-hydrogen) atoms. The van der Waals surface area contributed by atoms with Crippen LogP contribution in [0.5, 0.6) is 0 Å². The number of piperidine rings is 2. The summed E-state index contributed by atoms with van der Waals surface area (Å²) in [6.07, 6.45) is 5.50. The number of rotatable bonds is 6. The van der Waals surface area contributed by atoms with Gasteiger partial charge in [-0.15, -0.1) is 0 Å². The summed E-state index contributed by atoms with van der Waals surface area (Å²) in [7, 11) is 2.03. The molecule has 0 bridgehead atoms. The fourth-order valence-corrected chi connectivity index (χ4v) is 4.61. The highest BCUT2D eigenvalue weighted by molar-refractivity contribution is 5.76. The molecule has 1 unspecified atom stereocenters. The number of hydrogen-bond acceptors (Lipinski definition) is 5. The lowest BCUT2D eigenvalue weighted by molar-refractivity contribution is -0.105. The van der Waals surface area contributed by atoms with Crippen LogP contribution in [0.4, 0.5) is 5.69 Å². The smallest absolute Gasteiger partial charge is 0.211 e. The zero-order chi connectivity index (χ0) is 24.3. The maximum atomic E-state index is 10.8. The summed E-state index contributed by atoms with van der Waals surface area (Å²) in [5.74, 6) is 0.525. The van der Waals surface area contributed by atoms with Crippen molar-refractivity contribution in [1.29, 1.82) is 5.26 Å². The number of amides is 1. The largest absolute Gasteiger partial charge is 0.371 e. The number of nitrogens with zero attached hydrogens (tertiary/aromatic N) is 2. The van der Waals surface area contributed by atoms with Crippen LogP contribution in [0.2, 0.25) is 0 Å². The maximum Gasteiger partial charge on any atom is 0.211 e. The summed E-state index contributed by atoms with van der Waals surface area (Å²) in [6.45, 7) is 10.5. The van der Waals surface area contributed by atoms with E-state index in [1.54, 1.807) is 0 Å². The molecule has 4 rings (SSSR count). The number of nitriles is 1. The average molecular weight is 460 g/mol. The molecule has 2 aliphatic heterocycles. The van der Waals surface area contributed by atoms with Gasteiger partial charge in [0.1, 0.15) is 0 Å². The second kappa shape index (κ2) is 12.9. The first-order valence-corrected chi connectivity index (χ1v) is 12.2. The molecule has 0 saturated carbocycles. The lowest BCUT2D eigenvalue weighted by Gasteiger charge is -2.35. The number of likely N-dealkylation sites (tertiary alicyclic amines) is 1. The van der Waals surface area contributed by atoms with Gasteiger partial charge in [-0.05, 0) is 87.0 Å². The molecule has 0 radical (unpaired) electrons. The predicted octanol–water partition coefficient (Wildman–Crippen LogP) is 4.24. The van der Waals surface area contributed by atoms with Gasteiger partial charge in [-0.2, -0.15) is 5.26 Å². The molecule has 2 saturated heterocycles. The third-order valence-corrected chi connectivity index (χ3v) is 6.88. The molecular weight excluding hydrogens is 422 g/mol. The van der Waals surface area contributed by atoms with E-state index in [4.69, 9.17) is 5.26 Å². The minimum atomic E-state index is 0.525. The van der Waals surface area contributed by atoms with Crippen LogP contribution in [0, 0.1) is 18.3 Å². The highest BCUT2D eigenvalue weighted by atomic mass is 16.1. The Balaban J connectivity index is 0.000000343. The molecule has 6 nitrogen and oxygen atoms in total. The van der Waals surface area contributed by atoms with Crippen LogP contribution < -0.4 is 16.0 Å². The van der Waals surface area contributed by atoms with E-state index in [1.807, 2.05) is 38.2 Å². The van der Waals surface area contributed by atoms with Gasteiger partial charge in [-0.1, -0.05) is 30.8 Å². The van der Waals surface area contributed by atoms with E-state index in [0.717, 1.165) is 61.0 Å². The summed E-state index contributed by atoms with van der Waals surface area (Å²) < 4.78 is 0. The van der Waals surface area contributed by atoms with E-state index in [0.29, 0.717) is 17.9 Å². The van der Waals surface area contributed by atoms with Crippen LogP contribution in [0.1, 0.15) is 53.9 Å². The predicted molar refractivity (Wildman–Crippen MR) is 140 cm³/mol. The maximum absolute atomic E-state index is 10.8. The molecule has 1 amide bonds. The van der Waals surface area contributed by atoms with Crippen molar-refractivity contribution in [3.05, 3.63) is 71.3 Å². The number of nitrogens with one attached hydrogen (secondary N) is 3. The van der Waals surface area contributed by atoms with Gasteiger partial charge in [0.25, 0.3) is 0 Å². The van der Waals surface area contributed by atoms with Crippen LogP contribution in [0.15, 0.2) is 49.0 Å². The van der Waals surface area contributed by atoms with Gasteiger partial charge in [0.05, 0.1) is 11.6 Å². The Morgan fingerprint density at radius 2 is 1.91 bits per heavy atom. The first-order chi connectivity index (χ1) is 16.5. The molecule has 0 aromatic heterocycles. The van der Waals surface area contributed by atoms with Gasteiger partial charge in [-0.25, -0.2) is 0 Å². The molecule has 2 heterocycles. The number of carbonyl (C=O) groups is 1. The molecule has 1 atom stereocenters. The molecule has 180 valence electrons. The number of likely N-dealkylation sites (N-methyl/N-ethyl adjacent to an activating group) is 1. The zero-order valence-electron chi connectivity index (χ0n) is 20.4. The number of anilines is 1. The van der Waals surface area contributed by atoms with Crippen LogP contribution in [0.25, 0.3) is 5.70 Å². The van der Waals surface area contributed by atoms with Gasteiger partial charge in [0, 0.05) is 37.1 Å². The van der Waals surface area contributed by atoms with E-state index >= 15 is 0 Å². The zero-order valence-corrected chi connectivity index (χ0v) is 20.4. The first kappa shape index (κ1) is 25.5. The Hall–Kier alpha value is -3.14. The number of aryl methyl sites for hydroxylation is 1. The molecule has 0 aliphatic carbocycles. The number of hydrogen-bond donors (Lipinski definition) is 3. The molecule has 2 aliphatic rings. The second-order valence-electron chi connectivity index (χ2n) is 9.07. The lowest BCUT2D eigenvalue weighted by atomic mass is 9.88. The minimum Gasteiger partial charge on any atom is -0.371 e. The Labute approximate surface area is 204 Å². The monoisotopic (exact) mass is 459 g/mol. The van der Waals surface area contributed by atoms with Gasteiger partial charge in [0.2, 0.25) is 6.41 Å². The topological polar surface area (TPSA) is 80.2 Å². The van der Waals surface area contributed by atoms with E-state index in [1.165, 1.54) is 24.9 Å². The second-order valence-corrected chi connectivity index (χ2v) is 9.07. The van der Waals surface area contributed by atoms with Crippen molar-refractivity contribution in [2.75, 3.05) is 38.5 Å². The fraction of sp³-hybridized carbons (Fsp3) is 0.429. The molecule has 0 spiro atoms. The van der Waals surface area contributed by atoms with E-state index in [9.17, 15) is 4.79 Å². The Kier molecular flexibility index (Phi) is 9.69. The number of benzene rings is 2. The van der Waals surface area contributed by atoms with Crippen molar-refractivity contribution >= 4 is 17.8 Å². The van der Waals surface area contributed by atoms with Gasteiger partial charge in [0.15, 0.2) is 0 Å². The van der Waals surface area contributed by atoms with Crippen molar-refractivity contribution in [2.45, 2.75) is 44.6 Å². The van der Waals surface area contributed by atoms with E-state index < -0.39 is 0 Å². The minimum absolute atomic E-state index is 0.525. The third-order valence-electron chi connectivity index (χ3n) is 6.88. The van der Waals surface area contributed by atoms with Crippen LogP contribution in [-0.4, -0.2) is 50.6 Å². The van der Waals surface area contributed by atoms with Crippen molar-refractivity contribution in [2.24, 2.45) is 0 Å². The van der Waals surface area contributed by atoms with Crippen molar-refractivity contribution < 1.29 is 4.79 Å². The SMILES string of the molecule is C=C(c1ccc(C)c(NC=O)c1)N1CCC(c2ccc(C#N)cc2)CC1.CNC1CCCNC1. The Morgan fingerprint density at radius 1 is 1.18 bits per heavy atom. The van der Waals surface area contributed by atoms with Crippen molar-refractivity contribution in [1.82, 2.24) is 15.5 Å². The lowest BCUT2D eigenvalue weighted by Crippen LogP contribution is -2.41. The van der Waals surface area contributed by atoms with E-state index in [-0.39, 0.29) is 0 Å². The van der Waals surface area contributed by atoms with E-state index in [2.05, 4.69) is 51.7 Å². The summed E-state index contributed by atoms with van der Waals surface area (Å²) in [5.41, 5.74) is 5.91. The highest BCUT2D eigenvalue weighted by Crippen LogP contribution is 2.32. The quantitative estimate of drug-likeness (QED) is 0.563. The van der Waals surface area contributed by atoms with Crippen LogP contribution in [0.3, 0.4) is 0 Å². The third kappa shape index (κ3) is 6.93. The molecular formula is C28H37N5O. The molecule has 2 aromatic carbocycles. The van der Waals surface area contributed by atoms with Crippen molar-refractivity contribution in [3.63, 3.8) is 0 Å². The summed E-state index contributed by atoms with van der Waals surface area (Å²) in [6, 6.07) is 16.9.